The fraction of sp³-hybridized carbons (Fsp3) is 0.500. The number of hydrogen-bond donors (Lipinski definition) is 1. The summed E-state index contributed by atoms with van der Waals surface area (Å²) in [6.45, 7) is 3.51. The topological polar surface area (TPSA) is 69.4 Å². The molecule has 0 saturated heterocycles. The molecule has 7 heteroatoms. The van der Waals surface area contributed by atoms with Crippen molar-refractivity contribution in [3.63, 3.8) is 0 Å². The summed E-state index contributed by atoms with van der Waals surface area (Å²) >= 11 is 0. The molecule has 0 aliphatic carbocycles. The molecule has 2 N–H and O–H groups in total. The minimum Gasteiger partial charge on any atom is -0.487 e. The van der Waals surface area contributed by atoms with Gasteiger partial charge in [0.25, 0.3) is 0 Å². The van der Waals surface area contributed by atoms with E-state index in [0.717, 1.165) is 12.1 Å². The van der Waals surface area contributed by atoms with Gasteiger partial charge in [-0.2, -0.15) is 0 Å². The van der Waals surface area contributed by atoms with Crippen molar-refractivity contribution in [1.29, 1.82) is 0 Å². The zero-order chi connectivity index (χ0) is 14.4. The maximum Gasteiger partial charge on any atom is 0.209 e. The summed E-state index contributed by atoms with van der Waals surface area (Å²) in [5.41, 5.74) is -0.320. The molecule has 0 bridgehead atoms. The van der Waals surface area contributed by atoms with Gasteiger partial charge in [0.2, 0.25) is 10.0 Å². The van der Waals surface area contributed by atoms with Crippen molar-refractivity contribution >= 4 is 10.0 Å². The maximum absolute atomic E-state index is 13.3. The molecule has 1 aromatic rings. The van der Waals surface area contributed by atoms with Crippen LogP contribution in [0, 0.1) is 11.6 Å². The van der Waals surface area contributed by atoms with Crippen LogP contribution in [0.15, 0.2) is 12.1 Å². The third-order valence-electron chi connectivity index (χ3n) is 3.05. The number of hydrogen-bond acceptors (Lipinski definition) is 3. The van der Waals surface area contributed by atoms with Crippen molar-refractivity contribution in [2.24, 2.45) is 5.14 Å². The average molecular weight is 291 g/mol. The number of benzene rings is 1. The van der Waals surface area contributed by atoms with Crippen molar-refractivity contribution in [3.8, 4) is 5.75 Å². The van der Waals surface area contributed by atoms with Crippen LogP contribution >= 0.6 is 0 Å². The van der Waals surface area contributed by atoms with E-state index in [0.29, 0.717) is 12.0 Å². The summed E-state index contributed by atoms with van der Waals surface area (Å²) in [5, 5.41) is 5.04. The number of primary sulfonamides is 1. The van der Waals surface area contributed by atoms with E-state index < -0.39 is 33.2 Å². The van der Waals surface area contributed by atoms with Gasteiger partial charge in [0.15, 0.2) is 11.6 Å². The fourth-order valence-electron chi connectivity index (χ4n) is 2.42. The Hall–Kier alpha value is -1.21. The first-order valence-electron chi connectivity index (χ1n) is 5.76. The van der Waals surface area contributed by atoms with Gasteiger partial charge in [-0.25, -0.2) is 22.3 Å². The Balaban J connectivity index is 2.50. The zero-order valence-corrected chi connectivity index (χ0v) is 11.4. The molecule has 0 fully saturated rings. The maximum atomic E-state index is 13.3. The second-order valence-electron chi connectivity index (χ2n) is 5.40. The van der Waals surface area contributed by atoms with Gasteiger partial charge in [0, 0.05) is 17.5 Å². The summed E-state index contributed by atoms with van der Waals surface area (Å²) in [6, 6.07) is 1.93. The van der Waals surface area contributed by atoms with Crippen LogP contribution in [0.25, 0.3) is 0 Å². The SMILES string of the molecule is CC1(C)C[C@H](CS(N)(=O)=O)c2cc(F)c(F)cc2O1. The highest BCUT2D eigenvalue weighted by Gasteiger charge is 2.36. The van der Waals surface area contributed by atoms with Crippen LogP contribution in [0.3, 0.4) is 0 Å². The predicted octanol–water partition coefficient (Wildman–Crippen LogP) is 1.90. The van der Waals surface area contributed by atoms with E-state index in [1.165, 1.54) is 0 Å². The third kappa shape index (κ3) is 3.22. The van der Waals surface area contributed by atoms with Gasteiger partial charge in [0.05, 0.1) is 5.75 Å². The Morgan fingerprint density at radius 2 is 1.95 bits per heavy atom. The van der Waals surface area contributed by atoms with Crippen molar-refractivity contribution < 1.29 is 21.9 Å². The van der Waals surface area contributed by atoms with Crippen LogP contribution in [-0.2, 0) is 10.0 Å². The normalized spacial score (nSPS) is 21.6. The first-order valence-corrected chi connectivity index (χ1v) is 7.47. The van der Waals surface area contributed by atoms with Crippen molar-refractivity contribution in [2.45, 2.75) is 31.8 Å². The summed E-state index contributed by atoms with van der Waals surface area (Å²) in [7, 11) is -3.71. The first kappa shape index (κ1) is 14.2. The summed E-state index contributed by atoms with van der Waals surface area (Å²) in [6.07, 6.45) is 0.363. The van der Waals surface area contributed by atoms with Crippen molar-refractivity contribution in [3.05, 3.63) is 29.3 Å². The molecule has 1 aromatic carbocycles. The second kappa shape index (κ2) is 4.42. The number of nitrogens with two attached hydrogens (primary N) is 1. The minimum atomic E-state index is -3.71. The molecule has 0 saturated carbocycles. The number of halogens is 2. The van der Waals surface area contributed by atoms with Gasteiger partial charge >= 0.3 is 0 Å². The van der Waals surface area contributed by atoms with Crippen LogP contribution < -0.4 is 9.88 Å². The lowest BCUT2D eigenvalue weighted by Crippen LogP contribution is -2.37. The van der Waals surface area contributed by atoms with E-state index in [9.17, 15) is 17.2 Å². The first-order chi connectivity index (χ1) is 8.57. The van der Waals surface area contributed by atoms with E-state index in [4.69, 9.17) is 9.88 Å². The van der Waals surface area contributed by atoms with Crippen LogP contribution in [0.1, 0.15) is 31.7 Å². The number of ether oxygens (including phenoxy) is 1. The van der Waals surface area contributed by atoms with Gasteiger partial charge in [-0.1, -0.05) is 0 Å². The standard InChI is InChI=1S/C12H15F2NO3S/c1-12(2)5-7(6-19(15,16)17)8-3-9(13)10(14)4-11(8)18-12/h3-4,7H,5-6H2,1-2H3,(H2,15,16,17)/t7-/m1/s1. The lowest BCUT2D eigenvalue weighted by Gasteiger charge is -2.37. The monoisotopic (exact) mass is 291 g/mol. The Kier molecular flexibility index (Phi) is 3.30. The Bertz CT molecular complexity index is 614. The van der Waals surface area contributed by atoms with Gasteiger partial charge in [0.1, 0.15) is 11.4 Å². The second-order valence-corrected chi connectivity index (χ2v) is 7.06. The molecule has 2 rings (SSSR count). The number of fused-ring (bicyclic) bond motifs is 1. The molecule has 0 aromatic heterocycles. The van der Waals surface area contributed by atoms with Crippen molar-refractivity contribution in [1.82, 2.24) is 0 Å². The fourth-order valence-corrected chi connectivity index (χ4v) is 3.28. The molecule has 19 heavy (non-hydrogen) atoms. The highest BCUT2D eigenvalue weighted by Crippen LogP contribution is 2.42. The van der Waals surface area contributed by atoms with E-state index in [1.807, 2.05) is 0 Å². The highest BCUT2D eigenvalue weighted by molar-refractivity contribution is 7.89. The van der Waals surface area contributed by atoms with Gasteiger partial charge < -0.3 is 4.74 Å². The average Bonchev–Trinajstić information content (AvgIpc) is 2.17. The largest absolute Gasteiger partial charge is 0.487 e. The summed E-state index contributed by atoms with van der Waals surface area (Å²) in [4.78, 5) is 0. The summed E-state index contributed by atoms with van der Waals surface area (Å²) in [5.74, 6) is -2.71. The molecular weight excluding hydrogens is 276 g/mol. The van der Waals surface area contributed by atoms with E-state index in [2.05, 4.69) is 0 Å². The number of sulfonamides is 1. The lowest BCUT2D eigenvalue weighted by atomic mass is 9.85. The molecule has 0 unspecified atom stereocenters. The third-order valence-corrected chi connectivity index (χ3v) is 3.92. The van der Waals surface area contributed by atoms with E-state index >= 15 is 0 Å². The van der Waals surface area contributed by atoms with Crippen LogP contribution in [0.2, 0.25) is 0 Å². The molecule has 0 amide bonds. The predicted molar refractivity (Wildman–Crippen MR) is 66.4 cm³/mol. The minimum absolute atomic E-state index is 0.170. The highest BCUT2D eigenvalue weighted by atomic mass is 32.2. The lowest BCUT2D eigenvalue weighted by molar-refractivity contribution is 0.0742. The van der Waals surface area contributed by atoms with Gasteiger partial charge in [-0.15, -0.1) is 0 Å². The van der Waals surface area contributed by atoms with Gasteiger partial charge in [-0.05, 0) is 26.3 Å². The number of rotatable bonds is 2. The van der Waals surface area contributed by atoms with Gasteiger partial charge in [-0.3, -0.25) is 0 Å². The van der Waals surface area contributed by atoms with E-state index in [-0.39, 0.29) is 11.5 Å². The molecule has 1 heterocycles. The zero-order valence-electron chi connectivity index (χ0n) is 10.6. The van der Waals surface area contributed by atoms with Crippen molar-refractivity contribution in [2.75, 3.05) is 5.75 Å². The quantitative estimate of drug-likeness (QED) is 0.904. The van der Waals surface area contributed by atoms with Crippen LogP contribution in [0.4, 0.5) is 8.78 Å². The smallest absolute Gasteiger partial charge is 0.209 e. The Morgan fingerprint density at radius 1 is 1.37 bits per heavy atom. The van der Waals surface area contributed by atoms with E-state index in [1.54, 1.807) is 13.8 Å². The Morgan fingerprint density at radius 3 is 2.53 bits per heavy atom. The molecule has 106 valence electrons. The molecular formula is C12H15F2NO3S. The van der Waals surface area contributed by atoms with Crippen LogP contribution in [0.5, 0.6) is 5.75 Å². The molecule has 0 spiro atoms. The van der Waals surface area contributed by atoms with Crippen LogP contribution in [-0.4, -0.2) is 19.8 Å². The Labute approximate surface area is 110 Å². The molecule has 0 radical (unpaired) electrons. The summed E-state index contributed by atoms with van der Waals surface area (Å²) < 4.78 is 54.6. The molecule has 4 nitrogen and oxygen atoms in total. The molecule has 1 aliphatic rings. The molecule has 1 aliphatic heterocycles. The molecule has 1 atom stereocenters.